The van der Waals surface area contributed by atoms with E-state index >= 15 is 0 Å². The van der Waals surface area contributed by atoms with E-state index < -0.39 is 0 Å². The number of ether oxygens (including phenoxy) is 1. The van der Waals surface area contributed by atoms with Crippen molar-refractivity contribution in [3.05, 3.63) is 17.0 Å². The summed E-state index contributed by atoms with van der Waals surface area (Å²) in [5, 5.41) is 14.1. The van der Waals surface area contributed by atoms with Crippen LogP contribution in [0.3, 0.4) is 0 Å². The summed E-state index contributed by atoms with van der Waals surface area (Å²) in [5.41, 5.74) is 0.526. The molecule has 1 N–H and O–H groups in total. The second-order valence-corrected chi connectivity index (χ2v) is 5.45. The van der Waals surface area contributed by atoms with Crippen LogP contribution in [0, 0.1) is 11.3 Å². The molecule has 102 valence electrons. The van der Waals surface area contributed by atoms with Crippen LogP contribution in [0.4, 0.5) is 5.00 Å². The van der Waals surface area contributed by atoms with Crippen molar-refractivity contribution in [1.29, 1.82) is 5.26 Å². The minimum Gasteiger partial charge on any atom is -0.379 e. The SMILES string of the molecule is C[C@@H]1COCCN1CCC(=O)Nc1sccc1C#N. The van der Waals surface area contributed by atoms with Crippen molar-refractivity contribution in [3.63, 3.8) is 0 Å². The molecule has 6 heteroatoms. The normalized spacial score (nSPS) is 19.9. The molecular formula is C13H17N3O2S. The number of amides is 1. The number of nitrogens with one attached hydrogen (secondary N) is 1. The molecule has 1 fully saturated rings. The quantitative estimate of drug-likeness (QED) is 0.910. The van der Waals surface area contributed by atoms with Crippen molar-refractivity contribution in [2.45, 2.75) is 19.4 Å². The molecule has 0 radical (unpaired) electrons. The topological polar surface area (TPSA) is 65.4 Å². The minimum absolute atomic E-state index is 0.0439. The molecule has 2 rings (SSSR count). The molecular weight excluding hydrogens is 262 g/mol. The van der Waals surface area contributed by atoms with Gasteiger partial charge in [0.05, 0.1) is 18.8 Å². The first kappa shape index (κ1) is 14.0. The molecule has 1 aliphatic rings. The number of carbonyl (C=O) groups excluding carboxylic acids is 1. The lowest BCUT2D eigenvalue weighted by molar-refractivity contribution is -0.117. The number of rotatable bonds is 4. The molecule has 2 heterocycles. The van der Waals surface area contributed by atoms with Crippen LogP contribution in [0.1, 0.15) is 18.9 Å². The molecule has 5 nitrogen and oxygen atoms in total. The lowest BCUT2D eigenvalue weighted by Crippen LogP contribution is -2.44. The van der Waals surface area contributed by atoms with E-state index in [2.05, 4.69) is 23.2 Å². The molecule has 1 aromatic heterocycles. The third kappa shape index (κ3) is 3.77. The predicted molar refractivity (Wildman–Crippen MR) is 74.1 cm³/mol. The molecule has 0 spiro atoms. The maximum absolute atomic E-state index is 11.9. The fraction of sp³-hybridized carbons (Fsp3) is 0.538. The van der Waals surface area contributed by atoms with Gasteiger partial charge in [-0.1, -0.05) is 0 Å². The molecule has 0 aromatic carbocycles. The molecule has 1 amide bonds. The van der Waals surface area contributed by atoms with Crippen LogP contribution < -0.4 is 5.32 Å². The Kier molecular flexibility index (Phi) is 4.91. The Balaban J connectivity index is 1.80. The van der Waals surface area contributed by atoms with E-state index in [1.807, 2.05) is 0 Å². The number of nitriles is 1. The van der Waals surface area contributed by atoms with Crippen LogP contribution in [0.15, 0.2) is 11.4 Å². The van der Waals surface area contributed by atoms with Gasteiger partial charge in [0.15, 0.2) is 0 Å². The molecule has 0 bridgehead atoms. The first-order chi connectivity index (χ1) is 9.20. The van der Waals surface area contributed by atoms with E-state index in [0.717, 1.165) is 26.3 Å². The first-order valence-corrected chi connectivity index (χ1v) is 7.18. The summed E-state index contributed by atoms with van der Waals surface area (Å²) in [4.78, 5) is 14.1. The third-order valence-electron chi connectivity index (χ3n) is 3.17. The van der Waals surface area contributed by atoms with Crippen LogP contribution in [-0.4, -0.2) is 43.2 Å². The van der Waals surface area contributed by atoms with Crippen LogP contribution in [0.2, 0.25) is 0 Å². The number of nitrogens with zero attached hydrogens (tertiary/aromatic N) is 2. The average Bonchev–Trinajstić information content (AvgIpc) is 2.85. The lowest BCUT2D eigenvalue weighted by atomic mass is 10.2. The van der Waals surface area contributed by atoms with E-state index in [1.165, 1.54) is 11.3 Å². The van der Waals surface area contributed by atoms with Crippen molar-refractivity contribution in [3.8, 4) is 6.07 Å². The number of thiophene rings is 1. The number of carbonyl (C=O) groups is 1. The second-order valence-electron chi connectivity index (χ2n) is 4.53. The highest BCUT2D eigenvalue weighted by molar-refractivity contribution is 7.14. The van der Waals surface area contributed by atoms with E-state index in [-0.39, 0.29) is 5.91 Å². The second kappa shape index (κ2) is 6.66. The number of hydrogen-bond donors (Lipinski definition) is 1. The summed E-state index contributed by atoms with van der Waals surface area (Å²) in [5.74, 6) is -0.0439. The average molecular weight is 279 g/mol. The smallest absolute Gasteiger partial charge is 0.226 e. The largest absolute Gasteiger partial charge is 0.379 e. The van der Waals surface area contributed by atoms with Gasteiger partial charge in [0.25, 0.3) is 0 Å². The van der Waals surface area contributed by atoms with Crippen LogP contribution >= 0.6 is 11.3 Å². The molecule has 1 aromatic rings. The molecule has 0 aliphatic carbocycles. The summed E-state index contributed by atoms with van der Waals surface area (Å²) in [6.07, 6.45) is 0.438. The van der Waals surface area contributed by atoms with Gasteiger partial charge in [-0.05, 0) is 18.4 Å². The predicted octanol–water partition coefficient (Wildman–Crippen LogP) is 1.67. The minimum atomic E-state index is -0.0439. The zero-order valence-corrected chi connectivity index (χ0v) is 11.7. The van der Waals surface area contributed by atoms with Crippen LogP contribution in [-0.2, 0) is 9.53 Å². The Hall–Kier alpha value is -1.42. The number of hydrogen-bond acceptors (Lipinski definition) is 5. The monoisotopic (exact) mass is 279 g/mol. The zero-order valence-electron chi connectivity index (χ0n) is 10.9. The van der Waals surface area contributed by atoms with Gasteiger partial charge in [-0.3, -0.25) is 9.69 Å². The fourth-order valence-corrected chi connectivity index (χ4v) is 2.78. The summed E-state index contributed by atoms with van der Waals surface area (Å²) in [7, 11) is 0. The standard InChI is InChI=1S/C13H17N3O2S/c1-10-9-18-6-5-16(10)4-2-12(17)15-13-11(8-14)3-7-19-13/h3,7,10H,2,4-6,9H2,1H3,(H,15,17)/t10-/m1/s1. The Bertz CT molecular complexity index is 480. The third-order valence-corrected chi connectivity index (χ3v) is 4.00. The molecule has 1 saturated heterocycles. The number of morpholine rings is 1. The Morgan fingerprint density at radius 3 is 3.32 bits per heavy atom. The van der Waals surface area contributed by atoms with Gasteiger partial charge >= 0.3 is 0 Å². The van der Waals surface area contributed by atoms with Crippen molar-refractivity contribution >= 4 is 22.2 Å². The highest BCUT2D eigenvalue weighted by atomic mass is 32.1. The van der Waals surface area contributed by atoms with Crippen molar-refractivity contribution in [2.75, 3.05) is 31.6 Å². The maximum Gasteiger partial charge on any atom is 0.226 e. The van der Waals surface area contributed by atoms with Crippen LogP contribution in [0.25, 0.3) is 0 Å². The fourth-order valence-electron chi connectivity index (χ4n) is 2.02. The van der Waals surface area contributed by atoms with Crippen LogP contribution in [0.5, 0.6) is 0 Å². The van der Waals surface area contributed by atoms with Crippen molar-refractivity contribution < 1.29 is 9.53 Å². The van der Waals surface area contributed by atoms with Gasteiger partial charge in [0.1, 0.15) is 11.1 Å². The maximum atomic E-state index is 11.9. The van der Waals surface area contributed by atoms with E-state index in [9.17, 15) is 4.79 Å². The molecule has 0 unspecified atom stereocenters. The number of anilines is 1. The Morgan fingerprint density at radius 1 is 1.74 bits per heavy atom. The highest BCUT2D eigenvalue weighted by Gasteiger charge is 2.19. The van der Waals surface area contributed by atoms with Gasteiger partial charge in [-0.2, -0.15) is 5.26 Å². The van der Waals surface area contributed by atoms with Gasteiger partial charge in [0.2, 0.25) is 5.91 Å². The summed E-state index contributed by atoms with van der Waals surface area (Å²) in [6, 6.07) is 4.13. The van der Waals surface area contributed by atoms with Gasteiger partial charge in [-0.15, -0.1) is 11.3 Å². The van der Waals surface area contributed by atoms with Crippen molar-refractivity contribution in [1.82, 2.24) is 4.90 Å². The zero-order chi connectivity index (χ0) is 13.7. The summed E-state index contributed by atoms with van der Waals surface area (Å²) in [6.45, 7) is 5.16. The van der Waals surface area contributed by atoms with Crippen molar-refractivity contribution in [2.24, 2.45) is 0 Å². The van der Waals surface area contributed by atoms with E-state index in [1.54, 1.807) is 11.4 Å². The van der Waals surface area contributed by atoms with Gasteiger partial charge in [-0.25, -0.2) is 0 Å². The lowest BCUT2D eigenvalue weighted by Gasteiger charge is -2.32. The molecule has 19 heavy (non-hydrogen) atoms. The van der Waals surface area contributed by atoms with Gasteiger partial charge in [0, 0.05) is 25.6 Å². The summed E-state index contributed by atoms with van der Waals surface area (Å²) < 4.78 is 5.36. The highest BCUT2D eigenvalue weighted by Crippen LogP contribution is 2.22. The molecule has 1 atom stereocenters. The van der Waals surface area contributed by atoms with E-state index in [4.69, 9.17) is 10.00 Å². The molecule has 0 saturated carbocycles. The molecule has 1 aliphatic heterocycles. The first-order valence-electron chi connectivity index (χ1n) is 6.30. The van der Waals surface area contributed by atoms with E-state index in [0.29, 0.717) is 23.0 Å². The Morgan fingerprint density at radius 2 is 2.58 bits per heavy atom. The van der Waals surface area contributed by atoms with Gasteiger partial charge < -0.3 is 10.1 Å². The summed E-state index contributed by atoms with van der Waals surface area (Å²) >= 11 is 1.38. The Labute approximate surface area is 116 Å².